The Morgan fingerprint density at radius 3 is 2.35 bits per heavy atom. The zero-order valence-corrected chi connectivity index (χ0v) is 15.6. The average molecular weight is 367 g/mol. The number of ether oxygens (including phenoxy) is 2. The van der Waals surface area contributed by atoms with E-state index in [9.17, 15) is 5.11 Å². The van der Waals surface area contributed by atoms with Gasteiger partial charge in [-0.05, 0) is 6.42 Å². The molecule has 1 fully saturated rings. The predicted octanol–water partition coefficient (Wildman–Crippen LogP) is 3.00. The van der Waals surface area contributed by atoms with E-state index in [1.165, 1.54) is 0 Å². The number of hydrogen-bond donors (Lipinski definition) is 2. The van der Waals surface area contributed by atoms with Gasteiger partial charge in [-0.1, -0.05) is 13.3 Å². The Labute approximate surface area is 151 Å². The number of nitrogens with zero attached hydrogens (tertiary/aromatic N) is 1. The third-order valence-corrected chi connectivity index (χ3v) is 4.04. The fraction of sp³-hybridized carbons (Fsp3) is 0.625. The van der Waals surface area contributed by atoms with E-state index >= 15 is 0 Å². The molecule has 0 aromatic heterocycles. The number of nitrogens with one attached hydrogen (secondary N) is 1. The van der Waals surface area contributed by atoms with E-state index in [0.717, 1.165) is 44.6 Å². The van der Waals surface area contributed by atoms with Gasteiger partial charge in [0.15, 0.2) is 0 Å². The van der Waals surface area contributed by atoms with Crippen molar-refractivity contribution in [2.75, 3.05) is 40.4 Å². The third-order valence-electron chi connectivity index (χ3n) is 4.04. The summed E-state index contributed by atoms with van der Waals surface area (Å²) < 4.78 is 10.7. The second-order valence-electron chi connectivity index (χ2n) is 5.35. The molecule has 1 heterocycles. The van der Waals surface area contributed by atoms with Crippen molar-refractivity contribution in [3.8, 4) is 17.2 Å². The molecule has 0 unspecified atom stereocenters. The van der Waals surface area contributed by atoms with Gasteiger partial charge in [-0.3, -0.25) is 4.90 Å². The highest BCUT2D eigenvalue weighted by Crippen LogP contribution is 2.41. The van der Waals surface area contributed by atoms with Crippen LogP contribution in [-0.2, 0) is 0 Å². The smallest absolute Gasteiger partial charge is 0.131 e. The highest BCUT2D eigenvalue weighted by Gasteiger charge is 2.27. The Morgan fingerprint density at radius 1 is 1.17 bits per heavy atom. The van der Waals surface area contributed by atoms with Crippen LogP contribution >= 0.6 is 24.8 Å². The molecule has 1 aliphatic heterocycles. The molecule has 1 aromatic rings. The number of phenolic OH excluding ortho intramolecular Hbond substituents is 1. The first-order valence-electron chi connectivity index (χ1n) is 7.60. The average Bonchev–Trinajstić information content (AvgIpc) is 2.53. The fourth-order valence-corrected chi connectivity index (χ4v) is 2.99. The number of phenols is 1. The van der Waals surface area contributed by atoms with E-state index in [4.69, 9.17) is 9.47 Å². The number of piperazine rings is 1. The van der Waals surface area contributed by atoms with Crippen LogP contribution in [0.5, 0.6) is 17.2 Å². The summed E-state index contributed by atoms with van der Waals surface area (Å²) in [5.74, 6) is 1.57. The lowest BCUT2D eigenvalue weighted by Gasteiger charge is -2.36. The van der Waals surface area contributed by atoms with Crippen LogP contribution in [-0.4, -0.2) is 50.4 Å². The first-order chi connectivity index (χ1) is 10.2. The standard InChI is InChI=1S/C16H26N2O3.2ClH/c1-4-5-13(18-8-6-17-7-9-18)16-14(19)10-12(20-2)11-15(16)21-3;;/h10-11,13,17,19H,4-9H2,1-3H3;2*1H/t13-;;/m0../s1. The van der Waals surface area contributed by atoms with Gasteiger partial charge in [0.25, 0.3) is 0 Å². The number of benzene rings is 1. The van der Waals surface area contributed by atoms with E-state index in [-0.39, 0.29) is 36.6 Å². The number of rotatable bonds is 6. The van der Waals surface area contributed by atoms with E-state index in [1.54, 1.807) is 20.3 Å². The van der Waals surface area contributed by atoms with Gasteiger partial charge < -0.3 is 19.9 Å². The molecule has 1 saturated heterocycles. The van der Waals surface area contributed by atoms with Crippen LogP contribution in [0.4, 0.5) is 0 Å². The summed E-state index contributed by atoms with van der Waals surface area (Å²) in [6, 6.07) is 3.70. The molecule has 0 bridgehead atoms. The minimum atomic E-state index is 0. The monoisotopic (exact) mass is 366 g/mol. The Balaban J connectivity index is 0.00000242. The van der Waals surface area contributed by atoms with Crippen molar-refractivity contribution in [3.05, 3.63) is 17.7 Å². The highest BCUT2D eigenvalue weighted by atomic mass is 35.5. The van der Waals surface area contributed by atoms with Gasteiger partial charge in [-0.15, -0.1) is 24.8 Å². The van der Waals surface area contributed by atoms with Gasteiger partial charge in [0, 0.05) is 44.4 Å². The summed E-state index contributed by atoms with van der Waals surface area (Å²) in [4.78, 5) is 2.42. The van der Waals surface area contributed by atoms with Crippen molar-refractivity contribution < 1.29 is 14.6 Å². The molecular weight excluding hydrogens is 339 g/mol. The fourth-order valence-electron chi connectivity index (χ4n) is 2.99. The van der Waals surface area contributed by atoms with Crippen molar-refractivity contribution in [2.24, 2.45) is 0 Å². The molecule has 7 heteroatoms. The summed E-state index contributed by atoms with van der Waals surface area (Å²) in [6.07, 6.45) is 2.06. The van der Waals surface area contributed by atoms with Crippen LogP contribution in [0, 0.1) is 0 Å². The maximum Gasteiger partial charge on any atom is 0.131 e. The molecule has 0 amide bonds. The summed E-state index contributed by atoms with van der Waals surface area (Å²) >= 11 is 0. The molecule has 0 radical (unpaired) electrons. The Hall–Kier alpha value is -0.880. The first kappa shape index (κ1) is 22.1. The van der Waals surface area contributed by atoms with Crippen LogP contribution < -0.4 is 14.8 Å². The van der Waals surface area contributed by atoms with Crippen molar-refractivity contribution in [1.82, 2.24) is 10.2 Å². The molecule has 2 N–H and O–H groups in total. The molecule has 0 aliphatic carbocycles. The van der Waals surface area contributed by atoms with Crippen LogP contribution in [0.2, 0.25) is 0 Å². The lowest BCUT2D eigenvalue weighted by atomic mass is 9.97. The first-order valence-corrected chi connectivity index (χ1v) is 7.60. The van der Waals surface area contributed by atoms with E-state index < -0.39 is 0 Å². The van der Waals surface area contributed by atoms with Gasteiger partial charge in [-0.25, -0.2) is 0 Å². The summed E-state index contributed by atoms with van der Waals surface area (Å²) in [6.45, 7) is 6.11. The minimum Gasteiger partial charge on any atom is -0.507 e. The Kier molecular flexibility index (Phi) is 10.4. The molecule has 0 saturated carbocycles. The number of aromatic hydroxyl groups is 1. The van der Waals surface area contributed by atoms with Crippen LogP contribution in [0.1, 0.15) is 31.4 Å². The topological polar surface area (TPSA) is 54.0 Å². The molecular formula is C16H28Cl2N2O3. The van der Waals surface area contributed by atoms with Crippen molar-refractivity contribution in [1.29, 1.82) is 0 Å². The number of hydrogen-bond acceptors (Lipinski definition) is 5. The normalized spacial score (nSPS) is 16.0. The van der Waals surface area contributed by atoms with Gasteiger partial charge in [0.2, 0.25) is 0 Å². The van der Waals surface area contributed by atoms with Crippen LogP contribution in [0.15, 0.2) is 12.1 Å². The molecule has 1 aromatic carbocycles. The summed E-state index contributed by atoms with van der Waals surface area (Å²) in [7, 11) is 3.23. The molecule has 2 rings (SSSR count). The second-order valence-corrected chi connectivity index (χ2v) is 5.35. The largest absolute Gasteiger partial charge is 0.507 e. The van der Waals surface area contributed by atoms with Crippen LogP contribution in [0.25, 0.3) is 0 Å². The maximum absolute atomic E-state index is 10.5. The van der Waals surface area contributed by atoms with Gasteiger partial charge >= 0.3 is 0 Å². The quantitative estimate of drug-likeness (QED) is 0.810. The summed E-state index contributed by atoms with van der Waals surface area (Å²) in [5.41, 5.74) is 0.877. The molecule has 1 aliphatic rings. The second kappa shape index (κ2) is 10.8. The van der Waals surface area contributed by atoms with E-state index in [1.807, 2.05) is 6.07 Å². The Morgan fingerprint density at radius 2 is 1.83 bits per heavy atom. The summed E-state index contributed by atoms with van der Waals surface area (Å²) in [5, 5.41) is 13.8. The van der Waals surface area contributed by atoms with Gasteiger partial charge in [0.05, 0.1) is 19.8 Å². The lowest BCUT2D eigenvalue weighted by Crippen LogP contribution is -2.45. The van der Waals surface area contributed by atoms with E-state index in [0.29, 0.717) is 11.5 Å². The lowest BCUT2D eigenvalue weighted by molar-refractivity contribution is 0.159. The van der Waals surface area contributed by atoms with Gasteiger partial charge in [-0.2, -0.15) is 0 Å². The van der Waals surface area contributed by atoms with Crippen molar-refractivity contribution >= 4 is 24.8 Å². The molecule has 0 spiro atoms. The molecule has 5 nitrogen and oxygen atoms in total. The molecule has 23 heavy (non-hydrogen) atoms. The molecule has 1 atom stereocenters. The van der Waals surface area contributed by atoms with Crippen LogP contribution in [0.3, 0.4) is 0 Å². The zero-order valence-electron chi connectivity index (χ0n) is 14.0. The maximum atomic E-state index is 10.5. The van der Waals surface area contributed by atoms with Gasteiger partial charge in [0.1, 0.15) is 17.2 Å². The molecule has 134 valence electrons. The number of halogens is 2. The highest BCUT2D eigenvalue weighted by molar-refractivity contribution is 5.85. The van der Waals surface area contributed by atoms with Crippen molar-refractivity contribution in [3.63, 3.8) is 0 Å². The Bertz CT molecular complexity index is 469. The van der Waals surface area contributed by atoms with E-state index in [2.05, 4.69) is 17.1 Å². The number of methoxy groups -OCH3 is 2. The SMILES string of the molecule is CCC[C@@H](c1c(O)cc(OC)cc1OC)N1CCNCC1.Cl.Cl. The zero-order chi connectivity index (χ0) is 15.2. The third kappa shape index (κ3) is 5.31. The minimum absolute atomic E-state index is 0. The van der Waals surface area contributed by atoms with Crippen molar-refractivity contribution in [2.45, 2.75) is 25.8 Å². The predicted molar refractivity (Wildman–Crippen MR) is 97.8 cm³/mol.